The third-order valence-corrected chi connectivity index (χ3v) is 5.13. The SMILES string of the molecule is Fc1cccnc1OC[C@H]1CN(C2CCCC2)Cc2cncn2C1. The van der Waals surface area contributed by atoms with Crippen LogP contribution in [-0.2, 0) is 13.1 Å². The van der Waals surface area contributed by atoms with Gasteiger partial charge in [0.05, 0.1) is 18.6 Å². The zero-order chi connectivity index (χ0) is 16.4. The summed E-state index contributed by atoms with van der Waals surface area (Å²) in [5.74, 6) is -0.00966. The molecule has 2 aromatic rings. The van der Waals surface area contributed by atoms with Crippen LogP contribution in [0.1, 0.15) is 31.4 Å². The van der Waals surface area contributed by atoms with Crippen LogP contribution in [0.4, 0.5) is 4.39 Å². The second-order valence-electron chi connectivity index (χ2n) is 6.87. The number of hydrogen-bond donors (Lipinski definition) is 0. The molecule has 1 atom stereocenters. The molecule has 1 aliphatic carbocycles. The van der Waals surface area contributed by atoms with Gasteiger partial charge in [0.1, 0.15) is 0 Å². The quantitative estimate of drug-likeness (QED) is 0.864. The van der Waals surface area contributed by atoms with Gasteiger partial charge >= 0.3 is 0 Å². The van der Waals surface area contributed by atoms with Crippen LogP contribution in [0.5, 0.6) is 5.88 Å². The van der Waals surface area contributed by atoms with E-state index in [1.165, 1.54) is 37.4 Å². The predicted molar refractivity (Wildman–Crippen MR) is 88.1 cm³/mol. The molecule has 3 heterocycles. The maximum atomic E-state index is 13.7. The van der Waals surface area contributed by atoms with Gasteiger partial charge in [-0.25, -0.2) is 14.4 Å². The zero-order valence-corrected chi connectivity index (χ0v) is 13.8. The molecule has 0 N–H and O–H groups in total. The predicted octanol–water partition coefficient (Wildman–Crippen LogP) is 2.87. The lowest BCUT2D eigenvalue weighted by Gasteiger charge is -2.29. The smallest absolute Gasteiger partial charge is 0.250 e. The summed E-state index contributed by atoms with van der Waals surface area (Å²) in [7, 11) is 0. The summed E-state index contributed by atoms with van der Waals surface area (Å²) in [5.41, 5.74) is 1.26. The van der Waals surface area contributed by atoms with Crippen molar-refractivity contribution in [3.63, 3.8) is 0 Å². The first-order valence-electron chi connectivity index (χ1n) is 8.76. The molecule has 1 saturated carbocycles. The van der Waals surface area contributed by atoms with E-state index in [4.69, 9.17) is 4.74 Å². The molecule has 0 unspecified atom stereocenters. The fraction of sp³-hybridized carbons (Fsp3) is 0.556. The van der Waals surface area contributed by atoms with E-state index in [0.29, 0.717) is 18.6 Å². The van der Waals surface area contributed by atoms with Gasteiger partial charge in [-0.15, -0.1) is 0 Å². The molecule has 128 valence electrons. The van der Waals surface area contributed by atoms with Crippen LogP contribution in [-0.4, -0.2) is 38.6 Å². The van der Waals surface area contributed by atoms with Gasteiger partial charge in [-0.05, 0) is 25.0 Å². The molecule has 24 heavy (non-hydrogen) atoms. The molecule has 1 aliphatic heterocycles. The van der Waals surface area contributed by atoms with Crippen LogP contribution in [0.15, 0.2) is 30.9 Å². The molecular formula is C18H23FN4O. The van der Waals surface area contributed by atoms with Crippen molar-refractivity contribution < 1.29 is 9.13 Å². The molecule has 5 nitrogen and oxygen atoms in total. The van der Waals surface area contributed by atoms with Crippen molar-refractivity contribution in [2.45, 2.75) is 44.8 Å². The molecule has 2 aromatic heterocycles. The number of fused-ring (bicyclic) bond motifs is 1. The Bertz CT molecular complexity index is 683. The standard InChI is InChI=1S/C18H23FN4O/c19-17-6-3-7-21-18(17)24-12-14-9-22(15-4-1-2-5-15)11-16-8-20-13-23(16)10-14/h3,6-8,13-15H,1-2,4-5,9-12H2/t14-/m0/s1. The number of pyridine rings is 1. The van der Waals surface area contributed by atoms with E-state index >= 15 is 0 Å². The second-order valence-corrected chi connectivity index (χ2v) is 6.87. The molecule has 0 amide bonds. The van der Waals surface area contributed by atoms with Crippen LogP contribution in [0.3, 0.4) is 0 Å². The van der Waals surface area contributed by atoms with Crippen LogP contribution < -0.4 is 4.74 Å². The molecule has 0 radical (unpaired) electrons. The summed E-state index contributed by atoms with van der Waals surface area (Å²) in [6.45, 7) is 3.24. The number of rotatable bonds is 4. The first kappa shape index (κ1) is 15.6. The average molecular weight is 330 g/mol. The van der Waals surface area contributed by atoms with Crippen LogP contribution in [0.25, 0.3) is 0 Å². The van der Waals surface area contributed by atoms with Crippen molar-refractivity contribution in [3.8, 4) is 5.88 Å². The largest absolute Gasteiger partial charge is 0.475 e. The summed E-state index contributed by atoms with van der Waals surface area (Å²) >= 11 is 0. The number of aromatic nitrogens is 3. The summed E-state index contributed by atoms with van der Waals surface area (Å²) in [5, 5.41) is 0. The van der Waals surface area contributed by atoms with E-state index in [1.807, 2.05) is 12.5 Å². The van der Waals surface area contributed by atoms with Gasteiger partial charge in [0.2, 0.25) is 5.88 Å². The molecule has 0 spiro atoms. The minimum Gasteiger partial charge on any atom is -0.475 e. The normalized spacial score (nSPS) is 22.3. The fourth-order valence-electron chi connectivity index (χ4n) is 3.91. The number of hydrogen-bond acceptors (Lipinski definition) is 4. The van der Waals surface area contributed by atoms with E-state index in [1.54, 1.807) is 12.3 Å². The Labute approximate surface area is 141 Å². The Morgan fingerprint density at radius 3 is 2.96 bits per heavy atom. The van der Waals surface area contributed by atoms with Crippen LogP contribution in [0.2, 0.25) is 0 Å². The zero-order valence-electron chi connectivity index (χ0n) is 13.8. The van der Waals surface area contributed by atoms with Gasteiger partial charge in [0, 0.05) is 44.0 Å². The first-order chi connectivity index (χ1) is 11.8. The minimum absolute atomic E-state index is 0.0972. The molecule has 0 aromatic carbocycles. The lowest BCUT2D eigenvalue weighted by atomic mass is 10.1. The number of imidazole rings is 1. The van der Waals surface area contributed by atoms with Crippen molar-refractivity contribution in [1.82, 2.24) is 19.4 Å². The molecule has 4 rings (SSSR count). The van der Waals surface area contributed by atoms with Crippen molar-refractivity contribution >= 4 is 0 Å². The van der Waals surface area contributed by atoms with E-state index in [2.05, 4.69) is 19.4 Å². The lowest BCUT2D eigenvalue weighted by Crippen LogP contribution is -2.37. The van der Waals surface area contributed by atoms with Gasteiger partial charge in [-0.2, -0.15) is 0 Å². The summed E-state index contributed by atoms with van der Waals surface area (Å²) in [6, 6.07) is 3.61. The molecular weight excluding hydrogens is 307 g/mol. The van der Waals surface area contributed by atoms with E-state index in [0.717, 1.165) is 19.6 Å². The highest BCUT2D eigenvalue weighted by molar-refractivity contribution is 5.12. The summed E-state index contributed by atoms with van der Waals surface area (Å²) in [4.78, 5) is 10.8. The van der Waals surface area contributed by atoms with E-state index in [-0.39, 0.29) is 5.88 Å². The highest BCUT2D eigenvalue weighted by Crippen LogP contribution is 2.28. The van der Waals surface area contributed by atoms with Crippen molar-refractivity contribution in [2.75, 3.05) is 13.2 Å². The first-order valence-corrected chi connectivity index (χ1v) is 8.76. The van der Waals surface area contributed by atoms with Crippen LogP contribution >= 0.6 is 0 Å². The Hall–Kier alpha value is -1.95. The highest BCUT2D eigenvalue weighted by atomic mass is 19.1. The molecule has 2 aliphatic rings. The Kier molecular flexibility index (Phi) is 4.47. The molecule has 1 fully saturated rings. The van der Waals surface area contributed by atoms with Crippen LogP contribution in [0, 0.1) is 11.7 Å². The molecule has 0 bridgehead atoms. The summed E-state index contributed by atoms with van der Waals surface area (Å²) in [6.07, 6.45) is 10.6. The topological polar surface area (TPSA) is 43.2 Å². The maximum absolute atomic E-state index is 13.7. The second kappa shape index (κ2) is 6.89. The number of ether oxygens (including phenoxy) is 1. The van der Waals surface area contributed by atoms with Gasteiger partial charge in [0.25, 0.3) is 0 Å². The van der Waals surface area contributed by atoms with Crippen molar-refractivity contribution in [2.24, 2.45) is 5.92 Å². The average Bonchev–Trinajstić information content (AvgIpc) is 3.23. The van der Waals surface area contributed by atoms with Crippen molar-refractivity contribution in [1.29, 1.82) is 0 Å². The fourth-order valence-corrected chi connectivity index (χ4v) is 3.91. The lowest BCUT2D eigenvalue weighted by molar-refractivity contribution is 0.132. The van der Waals surface area contributed by atoms with Crippen molar-refractivity contribution in [3.05, 3.63) is 42.4 Å². The Morgan fingerprint density at radius 1 is 1.25 bits per heavy atom. The Balaban J connectivity index is 1.48. The molecule has 6 heteroatoms. The third kappa shape index (κ3) is 3.29. The van der Waals surface area contributed by atoms with E-state index < -0.39 is 5.82 Å². The van der Waals surface area contributed by atoms with Gasteiger partial charge < -0.3 is 9.30 Å². The van der Waals surface area contributed by atoms with E-state index in [9.17, 15) is 4.39 Å². The highest BCUT2D eigenvalue weighted by Gasteiger charge is 2.29. The van der Waals surface area contributed by atoms with Gasteiger partial charge in [-0.3, -0.25) is 4.90 Å². The maximum Gasteiger partial charge on any atom is 0.250 e. The Morgan fingerprint density at radius 2 is 2.12 bits per heavy atom. The minimum atomic E-state index is -0.401. The monoisotopic (exact) mass is 330 g/mol. The van der Waals surface area contributed by atoms with Gasteiger partial charge in [-0.1, -0.05) is 12.8 Å². The molecule has 0 saturated heterocycles. The third-order valence-electron chi connectivity index (χ3n) is 5.13. The number of halogens is 1. The number of nitrogens with zero attached hydrogens (tertiary/aromatic N) is 4. The van der Waals surface area contributed by atoms with Gasteiger partial charge in [0.15, 0.2) is 5.82 Å². The summed E-state index contributed by atoms with van der Waals surface area (Å²) < 4.78 is 21.6.